The van der Waals surface area contributed by atoms with E-state index >= 15 is 0 Å². The van der Waals surface area contributed by atoms with Crippen molar-refractivity contribution < 1.29 is 4.79 Å². The van der Waals surface area contributed by atoms with Crippen LogP contribution < -0.4 is 5.32 Å². The largest absolute Gasteiger partial charge is 0.324 e. The number of nitrogens with one attached hydrogen (secondary N) is 1. The monoisotopic (exact) mass is 290 g/mol. The van der Waals surface area contributed by atoms with Crippen LogP contribution in [-0.2, 0) is 6.42 Å². The van der Waals surface area contributed by atoms with Crippen molar-refractivity contribution in [2.75, 3.05) is 5.32 Å². The predicted octanol–water partition coefficient (Wildman–Crippen LogP) is 4.29. The van der Waals surface area contributed by atoms with Gasteiger partial charge in [0.2, 0.25) is 0 Å². The van der Waals surface area contributed by atoms with Crippen molar-refractivity contribution in [3.05, 3.63) is 84.2 Å². The van der Waals surface area contributed by atoms with Crippen LogP contribution in [0.3, 0.4) is 0 Å². The lowest BCUT2D eigenvalue weighted by Gasteiger charge is -2.10. The molecule has 1 aromatic heterocycles. The molecule has 0 saturated heterocycles. The second-order valence-electron chi connectivity index (χ2n) is 5.11. The van der Waals surface area contributed by atoms with Gasteiger partial charge in [-0.2, -0.15) is 0 Å². The van der Waals surface area contributed by atoms with Crippen LogP contribution in [0.15, 0.2) is 73.1 Å². The van der Waals surface area contributed by atoms with Gasteiger partial charge in [0.05, 0.1) is 0 Å². The molecule has 3 aromatic rings. The van der Waals surface area contributed by atoms with Gasteiger partial charge >= 0.3 is 0 Å². The number of amides is 1. The van der Waals surface area contributed by atoms with Crippen LogP contribution in [0.2, 0.25) is 0 Å². The summed E-state index contributed by atoms with van der Waals surface area (Å²) in [5.41, 5.74) is 3.64. The van der Waals surface area contributed by atoms with Crippen LogP contribution in [-0.4, -0.2) is 10.5 Å². The summed E-state index contributed by atoms with van der Waals surface area (Å²) in [7, 11) is 0. The van der Waals surface area contributed by atoms with E-state index in [-0.39, 0.29) is 5.91 Å². The Hall–Kier alpha value is -2.81. The second-order valence-corrected chi connectivity index (χ2v) is 5.11. The first-order valence-corrected chi connectivity index (χ1v) is 7.40. The predicted molar refractivity (Wildman–Crippen MR) is 89.5 cm³/mol. The Balaban J connectivity index is 1.85. The Morgan fingerprint density at radius 1 is 1.00 bits per heavy atom. The van der Waals surface area contributed by atoms with E-state index in [1.54, 1.807) is 0 Å². The van der Waals surface area contributed by atoms with Gasteiger partial charge in [0.15, 0.2) is 0 Å². The first-order valence-electron chi connectivity index (χ1n) is 7.40. The summed E-state index contributed by atoms with van der Waals surface area (Å²) in [5, 5.41) is 3.00. The maximum Gasteiger partial charge on any atom is 0.255 e. The Kier molecular flexibility index (Phi) is 4.05. The Morgan fingerprint density at radius 3 is 2.55 bits per heavy atom. The average Bonchev–Trinajstić information content (AvgIpc) is 3.10. The number of anilines is 1. The molecule has 0 aliphatic heterocycles. The van der Waals surface area contributed by atoms with Gasteiger partial charge in [-0.25, -0.2) is 0 Å². The molecule has 0 bridgehead atoms. The van der Waals surface area contributed by atoms with E-state index in [1.807, 2.05) is 77.6 Å². The number of benzene rings is 2. The Morgan fingerprint density at radius 2 is 1.77 bits per heavy atom. The quantitative estimate of drug-likeness (QED) is 0.764. The smallest absolute Gasteiger partial charge is 0.255 e. The van der Waals surface area contributed by atoms with Gasteiger partial charge in [-0.1, -0.05) is 31.2 Å². The number of rotatable bonds is 4. The zero-order valence-electron chi connectivity index (χ0n) is 12.5. The molecule has 3 heteroatoms. The molecular weight excluding hydrogens is 272 g/mol. The minimum absolute atomic E-state index is 0.0880. The fourth-order valence-corrected chi connectivity index (χ4v) is 2.46. The fourth-order valence-electron chi connectivity index (χ4n) is 2.46. The number of para-hydroxylation sites is 1. The molecule has 0 radical (unpaired) electrons. The number of carbonyl (C=O) groups is 1. The maximum atomic E-state index is 12.5. The third-order valence-corrected chi connectivity index (χ3v) is 3.66. The van der Waals surface area contributed by atoms with Crippen molar-refractivity contribution in [2.45, 2.75) is 13.3 Å². The molecule has 0 aliphatic carbocycles. The molecule has 1 N–H and O–H groups in total. The van der Waals surface area contributed by atoms with Crippen molar-refractivity contribution in [3.63, 3.8) is 0 Å². The highest BCUT2D eigenvalue weighted by Gasteiger charge is 2.09. The molecule has 0 saturated carbocycles. The van der Waals surface area contributed by atoms with E-state index in [9.17, 15) is 4.79 Å². The van der Waals surface area contributed by atoms with Gasteiger partial charge < -0.3 is 9.88 Å². The van der Waals surface area contributed by atoms with Gasteiger partial charge in [0, 0.05) is 29.3 Å². The van der Waals surface area contributed by atoms with E-state index in [1.165, 1.54) is 0 Å². The lowest BCUT2D eigenvalue weighted by molar-refractivity contribution is 0.102. The van der Waals surface area contributed by atoms with E-state index < -0.39 is 0 Å². The van der Waals surface area contributed by atoms with Gasteiger partial charge in [0.25, 0.3) is 5.91 Å². The summed E-state index contributed by atoms with van der Waals surface area (Å²) in [6.07, 6.45) is 4.81. The molecule has 0 fully saturated rings. The molecule has 0 aliphatic rings. The normalized spacial score (nSPS) is 10.4. The molecule has 22 heavy (non-hydrogen) atoms. The highest BCUT2D eigenvalue weighted by Crippen LogP contribution is 2.18. The molecule has 1 amide bonds. The molecule has 110 valence electrons. The zero-order valence-corrected chi connectivity index (χ0v) is 12.5. The summed E-state index contributed by atoms with van der Waals surface area (Å²) in [4.78, 5) is 12.5. The average molecular weight is 290 g/mol. The standard InChI is InChI=1S/C19H18N2O/c1-2-15-8-3-4-11-18(15)20-19(22)16-9-7-10-17(14-16)21-12-5-6-13-21/h3-14H,2H2,1H3,(H,20,22). The fraction of sp³-hybridized carbons (Fsp3) is 0.105. The van der Waals surface area contributed by atoms with E-state index in [0.29, 0.717) is 5.56 Å². The third kappa shape index (κ3) is 2.93. The minimum atomic E-state index is -0.0880. The Labute approximate surface area is 130 Å². The first-order chi connectivity index (χ1) is 10.8. The van der Waals surface area contributed by atoms with Crippen LogP contribution in [0.4, 0.5) is 5.69 Å². The summed E-state index contributed by atoms with van der Waals surface area (Å²) in [6.45, 7) is 2.08. The minimum Gasteiger partial charge on any atom is -0.324 e. The first kappa shape index (κ1) is 14.1. The molecule has 0 atom stereocenters. The molecular formula is C19H18N2O. The van der Waals surface area contributed by atoms with Crippen LogP contribution in [0.5, 0.6) is 0 Å². The van der Waals surface area contributed by atoms with Crippen LogP contribution in [0.25, 0.3) is 5.69 Å². The van der Waals surface area contributed by atoms with E-state index in [2.05, 4.69) is 12.2 Å². The van der Waals surface area contributed by atoms with Crippen LogP contribution in [0.1, 0.15) is 22.8 Å². The second kappa shape index (κ2) is 6.31. The summed E-state index contributed by atoms with van der Waals surface area (Å²) in [6, 6.07) is 19.4. The van der Waals surface area contributed by atoms with Crippen LogP contribution >= 0.6 is 0 Å². The number of aromatic nitrogens is 1. The van der Waals surface area contributed by atoms with Crippen molar-refractivity contribution in [2.24, 2.45) is 0 Å². The highest BCUT2D eigenvalue weighted by atomic mass is 16.1. The maximum absolute atomic E-state index is 12.5. The van der Waals surface area contributed by atoms with Gasteiger partial charge in [0.1, 0.15) is 0 Å². The molecule has 0 spiro atoms. The van der Waals surface area contributed by atoms with Crippen molar-refractivity contribution >= 4 is 11.6 Å². The van der Waals surface area contributed by atoms with Gasteiger partial charge in [-0.05, 0) is 48.4 Å². The van der Waals surface area contributed by atoms with E-state index in [4.69, 9.17) is 0 Å². The molecule has 3 rings (SSSR count). The SMILES string of the molecule is CCc1ccccc1NC(=O)c1cccc(-n2cccc2)c1. The highest BCUT2D eigenvalue weighted by molar-refractivity contribution is 6.05. The summed E-state index contributed by atoms with van der Waals surface area (Å²) in [5.74, 6) is -0.0880. The summed E-state index contributed by atoms with van der Waals surface area (Å²) >= 11 is 0. The van der Waals surface area contributed by atoms with Gasteiger partial charge in [-0.15, -0.1) is 0 Å². The number of carbonyl (C=O) groups excluding carboxylic acids is 1. The van der Waals surface area contributed by atoms with Crippen molar-refractivity contribution in [1.82, 2.24) is 4.57 Å². The van der Waals surface area contributed by atoms with Crippen molar-refractivity contribution in [3.8, 4) is 5.69 Å². The molecule has 2 aromatic carbocycles. The molecule has 3 nitrogen and oxygen atoms in total. The number of hydrogen-bond donors (Lipinski definition) is 1. The zero-order chi connectivity index (χ0) is 15.4. The lowest BCUT2D eigenvalue weighted by atomic mass is 10.1. The Bertz CT molecular complexity index is 776. The summed E-state index contributed by atoms with van der Waals surface area (Å²) < 4.78 is 1.98. The number of aryl methyl sites for hydroxylation is 1. The molecule has 0 unspecified atom stereocenters. The lowest BCUT2D eigenvalue weighted by Crippen LogP contribution is -2.13. The van der Waals surface area contributed by atoms with Crippen molar-refractivity contribution in [1.29, 1.82) is 0 Å². The van der Waals surface area contributed by atoms with Gasteiger partial charge in [-0.3, -0.25) is 4.79 Å². The number of nitrogens with zero attached hydrogens (tertiary/aromatic N) is 1. The van der Waals surface area contributed by atoms with E-state index in [0.717, 1.165) is 23.4 Å². The third-order valence-electron chi connectivity index (χ3n) is 3.66. The van der Waals surface area contributed by atoms with Crippen LogP contribution in [0, 0.1) is 0 Å². The number of hydrogen-bond acceptors (Lipinski definition) is 1. The topological polar surface area (TPSA) is 34.0 Å². The molecule has 1 heterocycles.